The standard InChI is InChI=1S/C18H16ClN3O3/c19-11-5-1-4-10-15(9-3-2-6-12(9)20-16(10)11)18(25)21-13-7-8-14(23)22-17(13)24/h1,4-5,13H,2-3,6-8H2,(H,21,25)(H,22,23,24). The minimum absolute atomic E-state index is 0.220. The van der Waals surface area contributed by atoms with Crippen molar-refractivity contribution < 1.29 is 14.4 Å². The first-order valence-electron chi connectivity index (χ1n) is 8.29. The minimum Gasteiger partial charge on any atom is -0.340 e. The molecule has 3 amide bonds. The SMILES string of the molecule is O=C1CCC(NC(=O)c2c3c(nc4c(Cl)cccc24)CCC3)C(=O)N1. The van der Waals surface area contributed by atoms with Gasteiger partial charge in [-0.25, -0.2) is 0 Å². The van der Waals surface area contributed by atoms with E-state index in [0.29, 0.717) is 27.9 Å². The summed E-state index contributed by atoms with van der Waals surface area (Å²) in [6.45, 7) is 0. The fourth-order valence-electron chi connectivity index (χ4n) is 3.57. The maximum atomic E-state index is 13.0. The molecule has 1 saturated heterocycles. The molecular formula is C18H16ClN3O3. The molecule has 2 N–H and O–H groups in total. The van der Waals surface area contributed by atoms with Gasteiger partial charge in [0.1, 0.15) is 6.04 Å². The summed E-state index contributed by atoms with van der Waals surface area (Å²) >= 11 is 6.27. The highest BCUT2D eigenvalue weighted by Gasteiger charge is 2.30. The fourth-order valence-corrected chi connectivity index (χ4v) is 3.79. The molecule has 0 bridgehead atoms. The number of piperidine rings is 1. The van der Waals surface area contributed by atoms with Gasteiger partial charge < -0.3 is 5.32 Å². The third kappa shape index (κ3) is 2.76. The molecular weight excluding hydrogens is 342 g/mol. The molecule has 2 heterocycles. The van der Waals surface area contributed by atoms with Crippen molar-refractivity contribution in [3.63, 3.8) is 0 Å². The lowest BCUT2D eigenvalue weighted by Crippen LogP contribution is -2.52. The van der Waals surface area contributed by atoms with E-state index < -0.39 is 11.9 Å². The quantitative estimate of drug-likeness (QED) is 0.804. The van der Waals surface area contributed by atoms with Crippen molar-refractivity contribution in [3.05, 3.63) is 40.0 Å². The van der Waals surface area contributed by atoms with Crippen LogP contribution in [0, 0.1) is 0 Å². The third-order valence-electron chi connectivity index (χ3n) is 4.76. The van der Waals surface area contributed by atoms with E-state index in [2.05, 4.69) is 15.6 Å². The van der Waals surface area contributed by atoms with E-state index in [1.807, 2.05) is 6.07 Å². The molecule has 1 aliphatic carbocycles. The topological polar surface area (TPSA) is 88.2 Å². The number of amides is 3. The number of nitrogens with one attached hydrogen (secondary N) is 2. The number of pyridine rings is 1. The molecule has 0 saturated carbocycles. The number of aromatic nitrogens is 1. The first kappa shape index (κ1) is 16.0. The third-order valence-corrected chi connectivity index (χ3v) is 5.07. The zero-order valence-electron chi connectivity index (χ0n) is 13.4. The van der Waals surface area contributed by atoms with Crippen molar-refractivity contribution >= 4 is 40.2 Å². The van der Waals surface area contributed by atoms with Gasteiger partial charge in [-0.1, -0.05) is 23.7 Å². The highest BCUT2D eigenvalue weighted by atomic mass is 35.5. The Labute approximate surface area is 148 Å². The van der Waals surface area contributed by atoms with Crippen LogP contribution in [-0.2, 0) is 22.4 Å². The largest absolute Gasteiger partial charge is 0.340 e. The number of hydrogen-bond donors (Lipinski definition) is 2. The van der Waals surface area contributed by atoms with Gasteiger partial charge in [-0.2, -0.15) is 0 Å². The predicted molar refractivity (Wildman–Crippen MR) is 92.4 cm³/mol. The summed E-state index contributed by atoms with van der Waals surface area (Å²) in [7, 11) is 0. The molecule has 2 aromatic rings. The van der Waals surface area contributed by atoms with Gasteiger partial charge in [0.05, 0.1) is 16.1 Å². The molecule has 1 aromatic carbocycles. The van der Waals surface area contributed by atoms with Crippen LogP contribution < -0.4 is 10.6 Å². The molecule has 0 spiro atoms. The van der Waals surface area contributed by atoms with Gasteiger partial charge in [0, 0.05) is 17.5 Å². The Balaban J connectivity index is 1.75. The number of nitrogens with zero attached hydrogens (tertiary/aromatic N) is 1. The molecule has 2 aliphatic rings. The second-order valence-corrected chi connectivity index (χ2v) is 6.79. The van der Waals surface area contributed by atoms with Gasteiger partial charge in [-0.05, 0) is 37.3 Å². The van der Waals surface area contributed by atoms with Gasteiger partial charge >= 0.3 is 0 Å². The molecule has 0 radical (unpaired) electrons. The lowest BCUT2D eigenvalue weighted by atomic mass is 9.99. The van der Waals surface area contributed by atoms with Crippen LogP contribution in [0.15, 0.2) is 18.2 Å². The average Bonchev–Trinajstić information content (AvgIpc) is 3.04. The van der Waals surface area contributed by atoms with E-state index in [9.17, 15) is 14.4 Å². The van der Waals surface area contributed by atoms with E-state index in [4.69, 9.17) is 11.6 Å². The molecule has 1 atom stereocenters. The summed E-state index contributed by atoms with van der Waals surface area (Å²) < 4.78 is 0. The number of aryl methyl sites for hydroxylation is 1. The first-order valence-corrected chi connectivity index (χ1v) is 8.67. The molecule has 1 unspecified atom stereocenters. The normalized spacial score (nSPS) is 19.6. The van der Waals surface area contributed by atoms with E-state index in [1.54, 1.807) is 12.1 Å². The molecule has 25 heavy (non-hydrogen) atoms. The number of rotatable bonds is 2. The summed E-state index contributed by atoms with van der Waals surface area (Å²) in [4.78, 5) is 40.8. The van der Waals surface area contributed by atoms with E-state index in [-0.39, 0.29) is 18.2 Å². The molecule has 1 aliphatic heterocycles. The van der Waals surface area contributed by atoms with Gasteiger partial charge in [-0.3, -0.25) is 24.7 Å². The monoisotopic (exact) mass is 357 g/mol. The van der Waals surface area contributed by atoms with Crippen LogP contribution in [0.2, 0.25) is 5.02 Å². The van der Waals surface area contributed by atoms with Crippen LogP contribution in [-0.4, -0.2) is 28.7 Å². The van der Waals surface area contributed by atoms with Gasteiger partial charge in [0.15, 0.2) is 0 Å². The van der Waals surface area contributed by atoms with Gasteiger partial charge in [0.2, 0.25) is 11.8 Å². The Morgan fingerprint density at radius 3 is 2.88 bits per heavy atom. The lowest BCUT2D eigenvalue weighted by molar-refractivity contribution is -0.134. The number of imide groups is 1. The number of fused-ring (bicyclic) bond motifs is 2. The molecule has 7 heteroatoms. The summed E-state index contributed by atoms with van der Waals surface area (Å²) in [6, 6.07) is 4.66. The van der Waals surface area contributed by atoms with E-state index in [1.165, 1.54) is 0 Å². The maximum absolute atomic E-state index is 13.0. The van der Waals surface area contributed by atoms with Gasteiger partial charge in [-0.15, -0.1) is 0 Å². The van der Waals surface area contributed by atoms with Crippen molar-refractivity contribution in [3.8, 4) is 0 Å². The highest BCUT2D eigenvalue weighted by Crippen LogP contribution is 2.33. The Morgan fingerprint density at radius 2 is 2.08 bits per heavy atom. The molecule has 1 fully saturated rings. The second-order valence-electron chi connectivity index (χ2n) is 6.38. The van der Waals surface area contributed by atoms with Crippen molar-refractivity contribution in [2.75, 3.05) is 0 Å². The average molecular weight is 358 g/mol. The summed E-state index contributed by atoms with van der Waals surface area (Å²) in [5, 5.41) is 6.23. The van der Waals surface area contributed by atoms with Crippen molar-refractivity contribution in [2.24, 2.45) is 0 Å². The molecule has 1 aromatic heterocycles. The zero-order chi connectivity index (χ0) is 17.6. The smallest absolute Gasteiger partial charge is 0.252 e. The number of halogens is 1. The Hall–Kier alpha value is -2.47. The van der Waals surface area contributed by atoms with Crippen LogP contribution >= 0.6 is 11.6 Å². The van der Waals surface area contributed by atoms with E-state index >= 15 is 0 Å². The Kier molecular flexibility index (Phi) is 3.92. The number of hydrogen-bond acceptors (Lipinski definition) is 4. The van der Waals surface area contributed by atoms with Crippen LogP contribution in [0.25, 0.3) is 10.9 Å². The lowest BCUT2D eigenvalue weighted by Gasteiger charge is -2.22. The van der Waals surface area contributed by atoms with Crippen molar-refractivity contribution in [1.29, 1.82) is 0 Å². The summed E-state index contributed by atoms with van der Waals surface area (Å²) in [5.74, 6) is -1.09. The second kappa shape index (κ2) is 6.11. The van der Waals surface area contributed by atoms with Crippen molar-refractivity contribution in [1.82, 2.24) is 15.6 Å². The maximum Gasteiger partial charge on any atom is 0.252 e. The first-order chi connectivity index (χ1) is 12.0. The van der Waals surface area contributed by atoms with Gasteiger partial charge in [0.25, 0.3) is 5.91 Å². The Bertz CT molecular complexity index is 925. The minimum atomic E-state index is -0.704. The summed E-state index contributed by atoms with van der Waals surface area (Å²) in [6.07, 6.45) is 3.06. The van der Waals surface area contributed by atoms with Crippen LogP contribution in [0.3, 0.4) is 0 Å². The van der Waals surface area contributed by atoms with Crippen molar-refractivity contribution in [2.45, 2.75) is 38.1 Å². The Morgan fingerprint density at radius 1 is 1.24 bits per heavy atom. The molecule has 6 nitrogen and oxygen atoms in total. The molecule has 128 valence electrons. The van der Waals surface area contributed by atoms with E-state index in [0.717, 1.165) is 30.5 Å². The highest BCUT2D eigenvalue weighted by molar-refractivity contribution is 6.35. The van der Waals surface area contributed by atoms with Crippen LogP contribution in [0.5, 0.6) is 0 Å². The number of carbonyl (C=O) groups excluding carboxylic acids is 3. The predicted octanol–water partition coefficient (Wildman–Crippen LogP) is 1.91. The van der Waals surface area contributed by atoms with Crippen LogP contribution in [0.4, 0.5) is 0 Å². The zero-order valence-corrected chi connectivity index (χ0v) is 14.2. The number of carbonyl (C=O) groups is 3. The molecule has 4 rings (SSSR count). The fraction of sp³-hybridized carbons (Fsp3) is 0.333. The van der Waals surface area contributed by atoms with Crippen LogP contribution in [0.1, 0.15) is 40.9 Å². The summed E-state index contributed by atoms with van der Waals surface area (Å²) in [5.41, 5.74) is 2.98. The number of para-hydroxylation sites is 1. The number of benzene rings is 1.